The molecule has 41 heavy (non-hydrogen) atoms. The molecule has 4 N–H and O–H groups in total. The lowest BCUT2D eigenvalue weighted by atomic mass is 9.96. The fourth-order valence-electron chi connectivity index (χ4n) is 4.06. The van der Waals surface area contributed by atoms with Crippen molar-refractivity contribution < 1.29 is 28.7 Å². The summed E-state index contributed by atoms with van der Waals surface area (Å²) in [5.41, 5.74) is 0.802. The number of carbonyl (C=O) groups is 5. The summed E-state index contributed by atoms with van der Waals surface area (Å²) in [5.74, 6) is -2.19. The zero-order valence-corrected chi connectivity index (χ0v) is 26.0. The number of ether oxygens (including phenoxy) is 1. The highest BCUT2D eigenvalue weighted by Crippen LogP contribution is 2.13. The van der Waals surface area contributed by atoms with Crippen LogP contribution in [-0.4, -0.2) is 59.6 Å². The number of carbonyl (C=O) groups excluding carboxylic acids is 5. The van der Waals surface area contributed by atoms with Gasteiger partial charge in [0, 0.05) is 0 Å². The molecule has 0 aromatic heterocycles. The Bertz CT molecular complexity index is 1000. The maximum Gasteiger partial charge on any atom is 0.408 e. The van der Waals surface area contributed by atoms with Gasteiger partial charge in [-0.15, -0.1) is 11.6 Å². The number of halogens is 1. The number of amides is 4. The van der Waals surface area contributed by atoms with E-state index in [2.05, 4.69) is 21.3 Å². The van der Waals surface area contributed by atoms with E-state index in [-0.39, 0.29) is 36.0 Å². The van der Waals surface area contributed by atoms with Gasteiger partial charge in [0.25, 0.3) is 0 Å². The van der Waals surface area contributed by atoms with E-state index >= 15 is 0 Å². The molecule has 0 saturated carbocycles. The molecular formula is C30H47ClN4O6. The van der Waals surface area contributed by atoms with Gasteiger partial charge in [-0.1, -0.05) is 78.3 Å². The maximum absolute atomic E-state index is 13.4. The minimum absolute atomic E-state index is 0.0483. The van der Waals surface area contributed by atoms with E-state index < -0.39 is 48.0 Å². The summed E-state index contributed by atoms with van der Waals surface area (Å²) in [6.45, 7) is 12.9. The van der Waals surface area contributed by atoms with Crippen molar-refractivity contribution in [2.45, 2.75) is 98.5 Å². The normalized spacial score (nSPS) is 14.8. The number of alkyl carbamates (subject to hydrolysis) is 1. The molecule has 0 heterocycles. The second kappa shape index (κ2) is 18.3. The predicted molar refractivity (Wildman–Crippen MR) is 159 cm³/mol. The lowest BCUT2D eigenvalue weighted by Crippen LogP contribution is -2.59. The molecule has 1 aromatic rings. The van der Waals surface area contributed by atoms with Crippen molar-refractivity contribution in [3.8, 4) is 0 Å². The van der Waals surface area contributed by atoms with Gasteiger partial charge < -0.3 is 26.0 Å². The lowest BCUT2D eigenvalue weighted by Gasteiger charge is -2.29. The molecule has 0 aliphatic heterocycles. The van der Waals surface area contributed by atoms with Gasteiger partial charge in [-0.2, -0.15) is 0 Å². The third-order valence-electron chi connectivity index (χ3n) is 6.62. The van der Waals surface area contributed by atoms with Crippen LogP contribution in [-0.2, 0) is 30.5 Å². The van der Waals surface area contributed by atoms with Gasteiger partial charge in [0.15, 0.2) is 5.78 Å². The largest absolute Gasteiger partial charge is 0.445 e. The molecule has 230 valence electrons. The average molecular weight is 595 g/mol. The maximum atomic E-state index is 13.4. The van der Waals surface area contributed by atoms with Gasteiger partial charge in [0.2, 0.25) is 17.7 Å². The molecule has 0 fully saturated rings. The van der Waals surface area contributed by atoms with Crippen LogP contribution in [0.2, 0.25) is 0 Å². The van der Waals surface area contributed by atoms with Crippen molar-refractivity contribution in [1.29, 1.82) is 0 Å². The Morgan fingerprint density at radius 2 is 1.32 bits per heavy atom. The van der Waals surface area contributed by atoms with Crippen LogP contribution in [0, 0.1) is 17.8 Å². The van der Waals surface area contributed by atoms with E-state index in [4.69, 9.17) is 16.3 Å². The second-order valence-electron chi connectivity index (χ2n) is 11.3. The fraction of sp³-hybridized carbons (Fsp3) is 0.633. The number of rotatable bonds is 17. The predicted octanol–water partition coefficient (Wildman–Crippen LogP) is 3.70. The van der Waals surface area contributed by atoms with Crippen LogP contribution < -0.4 is 21.3 Å². The number of benzene rings is 1. The zero-order chi connectivity index (χ0) is 31.1. The Kier molecular flexibility index (Phi) is 16.0. The van der Waals surface area contributed by atoms with Crippen molar-refractivity contribution >= 4 is 41.2 Å². The van der Waals surface area contributed by atoms with E-state index in [0.29, 0.717) is 19.3 Å². The van der Waals surface area contributed by atoms with Crippen LogP contribution in [0.3, 0.4) is 0 Å². The van der Waals surface area contributed by atoms with Crippen LogP contribution in [0.4, 0.5) is 4.79 Å². The highest BCUT2D eigenvalue weighted by molar-refractivity contribution is 6.28. The van der Waals surface area contributed by atoms with E-state index in [9.17, 15) is 24.0 Å². The van der Waals surface area contributed by atoms with Crippen LogP contribution in [0.1, 0.15) is 73.3 Å². The smallest absolute Gasteiger partial charge is 0.408 e. The average Bonchev–Trinajstić information content (AvgIpc) is 2.92. The topological polar surface area (TPSA) is 143 Å². The Morgan fingerprint density at radius 3 is 1.85 bits per heavy atom. The molecule has 0 unspecified atom stereocenters. The molecule has 4 amide bonds. The first kappa shape index (κ1) is 35.9. The molecule has 5 atom stereocenters. The molecule has 1 aromatic carbocycles. The van der Waals surface area contributed by atoms with E-state index in [1.165, 1.54) is 6.92 Å². The van der Waals surface area contributed by atoms with Gasteiger partial charge in [-0.25, -0.2) is 4.79 Å². The van der Waals surface area contributed by atoms with Crippen LogP contribution in [0.5, 0.6) is 0 Å². The van der Waals surface area contributed by atoms with Crippen molar-refractivity contribution in [2.24, 2.45) is 17.8 Å². The number of alkyl halides is 1. The third kappa shape index (κ3) is 13.4. The molecule has 0 aliphatic carbocycles. The molecule has 0 spiro atoms. The molecule has 0 aliphatic rings. The van der Waals surface area contributed by atoms with Gasteiger partial charge in [0.05, 0.1) is 11.9 Å². The summed E-state index contributed by atoms with van der Waals surface area (Å²) < 4.78 is 5.18. The second-order valence-corrected chi connectivity index (χ2v) is 11.5. The summed E-state index contributed by atoms with van der Waals surface area (Å²) in [6, 6.07) is 5.50. The summed E-state index contributed by atoms with van der Waals surface area (Å²) >= 11 is 5.76. The minimum Gasteiger partial charge on any atom is -0.445 e. The van der Waals surface area contributed by atoms with Gasteiger partial charge in [-0.05, 0) is 43.1 Å². The molecule has 1 rings (SSSR count). The molecule has 0 radical (unpaired) electrons. The Balaban J connectivity index is 2.92. The van der Waals surface area contributed by atoms with E-state index in [1.807, 2.05) is 71.9 Å². The van der Waals surface area contributed by atoms with Crippen molar-refractivity contribution in [1.82, 2.24) is 21.3 Å². The van der Waals surface area contributed by atoms with Gasteiger partial charge in [-0.3, -0.25) is 19.2 Å². The summed E-state index contributed by atoms with van der Waals surface area (Å²) in [5, 5.41) is 10.7. The number of ketones is 1. The number of hydrogen-bond acceptors (Lipinski definition) is 6. The third-order valence-corrected chi connectivity index (χ3v) is 6.88. The number of hydrogen-bond donors (Lipinski definition) is 4. The minimum atomic E-state index is -0.981. The lowest BCUT2D eigenvalue weighted by molar-refractivity contribution is -0.134. The monoisotopic (exact) mass is 594 g/mol. The Morgan fingerprint density at radius 1 is 0.756 bits per heavy atom. The first-order valence-electron chi connectivity index (χ1n) is 14.3. The van der Waals surface area contributed by atoms with Crippen LogP contribution in [0.15, 0.2) is 30.3 Å². The van der Waals surface area contributed by atoms with Crippen LogP contribution >= 0.6 is 11.6 Å². The highest BCUT2D eigenvalue weighted by Gasteiger charge is 2.33. The molecular weight excluding hydrogens is 548 g/mol. The standard InChI is InChI=1S/C30H47ClN4O6/c1-8-20(6)26(35-27(37)21(7)32-30(40)41-17-22-12-10-9-11-13-22)29(39)34-24(15-19(4)5)28(38)33-23(14-18(2)3)25(36)16-31/h9-13,18-21,23-24,26H,8,14-17H2,1-7H3,(H,32,40)(H,33,38)(H,34,39)(H,35,37)/t20-,21-,23-,24-,26-/m0/s1. The van der Waals surface area contributed by atoms with Gasteiger partial charge in [0.1, 0.15) is 24.7 Å². The van der Waals surface area contributed by atoms with Crippen molar-refractivity contribution in [3.63, 3.8) is 0 Å². The summed E-state index contributed by atoms with van der Waals surface area (Å²) in [6.07, 6.45) is 0.551. The highest BCUT2D eigenvalue weighted by atomic mass is 35.5. The number of Topliss-reactive ketones (excluding diaryl/α,β-unsaturated/α-hetero) is 1. The SMILES string of the molecule is CC[C@H](C)[C@H](NC(=O)[C@H](C)NC(=O)OCc1ccccc1)C(=O)N[C@@H](CC(C)C)C(=O)N[C@@H](CC(C)C)C(=O)CCl. The fourth-order valence-corrected chi connectivity index (χ4v) is 4.25. The van der Waals surface area contributed by atoms with E-state index in [0.717, 1.165) is 5.56 Å². The van der Waals surface area contributed by atoms with E-state index in [1.54, 1.807) is 0 Å². The van der Waals surface area contributed by atoms with Crippen molar-refractivity contribution in [2.75, 3.05) is 5.88 Å². The molecule has 0 bridgehead atoms. The number of nitrogens with one attached hydrogen (secondary N) is 4. The molecule has 0 saturated heterocycles. The Labute approximate surface area is 249 Å². The summed E-state index contributed by atoms with van der Waals surface area (Å²) in [4.78, 5) is 64.2. The van der Waals surface area contributed by atoms with Gasteiger partial charge >= 0.3 is 6.09 Å². The molecule has 10 nitrogen and oxygen atoms in total. The Hall–Kier alpha value is -3.14. The van der Waals surface area contributed by atoms with Crippen molar-refractivity contribution in [3.05, 3.63) is 35.9 Å². The summed E-state index contributed by atoms with van der Waals surface area (Å²) in [7, 11) is 0. The first-order chi connectivity index (χ1) is 19.3. The van der Waals surface area contributed by atoms with Crippen LogP contribution in [0.25, 0.3) is 0 Å². The first-order valence-corrected chi connectivity index (χ1v) is 14.8. The quantitative estimate of drug-likeness (QED) is 0.203. The molecule has 11 heteroatoms. The zero-order valence-electron chi connectivity index (χ0n) is 25.3.